The fraction of sp³-hybridized carbons (Fsp3) is 0.278. The highest BCUT2D eigenvalue weighted by Crippen LogP contribution is 2.13. The molecule has 1 aromatic heterocycles. The molecule has 8 nitrogen and oxygen atoms in total. The van der Waals surface area contributed by atoms with Gasteiger partial charge in [-0.2, -0.15) is 0 Å². The van der Waals surface area contributed by atoms with Gasteiger partial charge < -0.3 is 25.2 Å². The van der Waals surface area contributed by atoms with Crippen LogP contribution in [0.1, 0.15) is 21.5 Å². The van der Waals surface area contributed by atoms with Crippen LogP contribution < -0.4 is 15.4 Å². The highest BCUT2D eigenvalue weighted by atomic mass is 16.5. The lowest BCUT2D eigenvalue weighted by Gasteiger charge is -2.11. The topological polar surface area (TPSA) is 110 Å². The quantitative estimate of drug-likeness (QED) is 0.589. The van der Waals surface area contributed by atoms with Crippen molar-refractivity contribution in [3.63, 3.8) is 0 Å². The number of hydrogen-bond donors (Lipinski definition) is 3. The van der Waals surface area contributed by atoms with Crippen LogP contribution in [0, 0.1) is 0 Å². The number of carboxylic acids is 1. The minimum atomic E-state index is -0.984. The normalized spacial score (nSPS) is 10.2. The average molecular weight is 359 g/mol. The number of aromatic nitrogens is 1. The maximum Gasteiger partial charge on any atom is 0.335 e. The molecule has 8 heteroatoms. The first-order valence-electron chi connectivity index (χ1n) is 7.99. The summed E-state index contributed by atoms with van der Waals surface area (Å²) in [5.41, 5.74) is 1.76. The third-order valence-electron chi connectivity index (χ3n) is 3.47. The van der Waals surface area contributed by atoms with Gasteiger partial charge in [-0.15, -0.1) is 0 Å². The number of ether oxygens (including phenoxy) is 2. The van der Waals surface area contributed by atoms with Gasteiger partial charge in [0.2, 0.25) is 5.88 Å². The van der Waals surface area contributed by atoms with E-state index in [1.54, 1.807) is 31.5 Å². The molecule has 138 valence electrons. The van der Waals surface area contributed by atoms with E-state index in [1.165, 1.54) is 12.1 Å². The van der Waals surface area contributed by atoms with E-state index in [0.29, 0.717) is 19.1 Å². The highest BCUT2D eigenvalue weighted by Gasteiger charge is 2.07. The summed E-state index contributed by atoms with van der Waals surface area (Å²) in [5, 5.41) is 14.3. The molecule has 2 rings (SSSR count). The van der Waals surface area contributed by atoms with Gasteiger partial charge in [-0.1, -0.05) is 18.2 Å². The van der Waals surface area contributed by atoms with E-state index < -0.39 is 5.97 Å². The van der Waals surface area contributed by atoms with E-state index in [0.717, 1.165) is 11.1 Å². The number of aromatic carboxylic acids is 1. The number of carbonyl (C=O) groups excluding carboxylic acids is 1. The van der Waals surface area contributed by atoms with Crippen molar-refractivity contribution < 1.29 is 24.2 Å². The van der Waals surface area contributed by atoms with Crippen LogP contribution in [0.15, 0.2) is 42.6 Å². The van der Waals surface area contributed by atoms with Crippen molar-refractivity contribution in [2.75, 3.05) is 20.3 Å². The second-order valence-corrected chi connectivity index (χ2v) is 5.35. The Balaban J connectivity index is 1.80. The minimum absolute atomic E-state index is 0.204. The summed E-state index contributed by atoms with van der Waals surface area (Å²) in [6.07, 6.45) is 1.62. The van der Waals surface area contributed by atoms with Crippen LogP contribution >= 0.6 is 0 Å². The first kappa shape index (κ1) is 19.2. The molecule has 1 heterocycles. The van der Waals surface area contributed by atoms with Crippen LogP contribution in [0.2, 0.25) is 0 Å². The molecule has 2 amide bonds. The molecule has 2 aromatic rings. The number of pyridine rings is 1. The summed E-state index contributed by atoms with van der Waals surface area (Å²) in [4.78, 5) is 26.9. The molecule has 1 aromatic carbocycles. The van der Waals surface area contributed by atoms with Crippen LogP contribution in [-0.2, 0) is 17.8 Å². The van der Waals surface area contributed by atoms with Crippen molar-refractivity contribution in [1.82, 2.24) is 15.6 Å². The van der Waals surface area contributed by atoms with Crippen molar-refractivity contribution in [1.29, 1.82) is 0 Å². The summed E-state index contributed by atoms with van der Waals surface area (Å²) >= 11 is 0. The van der Waals surface area contributed by atoms with Gasteiger partial charge in [-0.25, -0.2) is 14.6 Å². The summed E-state index contributed by atoms with van der Waals surface area (Å²) in [5.74, 6) is -0.531. The summed E-state index contributed by atoms with van der Waals surface area (Å²) in [6.45, 7) is 1.37. The number of carbonyl (C=O) groups is 2. The van der Waals surface area contributed by atoms with E-state index in [9.17, 15) is 9.59 Å². The Kier molecular flexibility index (Phi) is 7.38. The Hall–Kier alpha value is -3.13. The Morgan fingerprint density at radius 2 is 1.81 bits per heavy atom. The van der Waals surface area contributed by atoms with Crippen LogP contribution in [0.25, 0.3) is 0 Å². The van der Waals surface area contributed by atoms with E-state index in [1.807, 2.05) is 6.07 Å². The maximum absolute atomic E-state index is 11.9. The van der Waals surface area contributed by atoms with Gasteiger partial charge in [0.15, 0.2) is 0 Å². The first-order valence-corrected chi connectivity index (χ1v) is 7.99. The molecule has 26 heavy (non-hydrogen) atoms. The van der Waals surface area contributed by atoms with E-state index in [4.69, 9.17) is 14.6 Å². The van der Waals surface area contributed by atoms with Crippen molar-refractivity contribution >= 4 is 12.0 Å². The van der Waals surface area contributed by atoms with Gasteiger partial charge in [-0.3, -0.25) is 0 Å². The number of methoxy groups -OCH3 is 1. The lowest BCUT2D eigenvalue weighted by molar-refractivity contribution is 0.0697. The number of nitrogens with one attached hydrogen (secondary N) is 2. The zero-order valence-corrected chi connectivity index (χ0v) is 14.4. The largest absolute Gasteiger partial charge is 0.478 e. The predicted molar refractivity (Wildman–Crippen MR) is 94.1 cm³/mol. The van der Waals surface area contributed by atoms with Crippen molar-refractivity contribution in [3.8, 4) is 5.88 Å². The number of hydrogen-bond acceptors (Lipinski definition) is 5. The lowest BCUT2D eigenvalue weighted by atomic mass is 10.1. The van der Waals surface area contributed by atoms with Gasteiger partial charge in [0.1, 0.15) is 6.61 Å². The summed E-state index contributed by atoms with van der Waals surface area (Å²) in [7, 11) is 1.59. The van der Waals surface area contributed by atoms with Gasteiger partial charge in [-0.05, 0) is 23.8 Å². The Morgan fingerprint density at radius 3 is 2.50 bits per heavy atom. The third kappa shape index (κ3) is 6.06. The van der Waals surface area contributed by atoms with Crippen LogP contribution in [0.3, 0.4) is 0 Å². The van der Waals surface area contributed by atoms with Gasteiger partial charge in [0.05, 0.1) is 12.2 Å². The molecule has 0 saturated heterocycles. The zero-order chi connectivity index (χ0) is 18.8. The number of rotatable bonds is 9. The summed E-state index contributed by atoms with van der Waals surface area (Å²) < 4.78 is 10.4. The smallest absolute Gasteiger partial charge is 0.335 e. The SMILES string of the molecule is COCCOc1ncccc1CNC(=O)NCc1ccc(C(=O)O)cc1. The van der Waals surface area contributed by atoms with Gasteiger partial charge in [0, 0.05) is 32.0 Å². The number of carboxylic acid groups (broad SMARTS) is 1. The number of urea groups is 1. The summed E-state index contributed by atoms with van der Waals surface area (Å²) in [6, 6.07) is 9.55. The van der Waals surface area contributed by atoms with Crippen LogP contribution in [0.5, 0.6) is 5.88 Å². The van der Waals surface area contributed by atoms with Crippen molar-refractivity contribution in [2.24, 2.45) is 0 Å². The Bertz CT molecular complexity index is 734. The molecule has 0 radical (unpaired) electrons. The highest BCUT2D eigenvalue weighted by molar-refractivity contribution is 5.87. The first-order chi connectivity index (χ1) is 12.6. The molecular formula is C18H21N3O5. The Morgan fingerprint density at radius 1 is 1.08 bits per heavy atom. The Labute approximate surface area is 151 Å². The number of nitrogens with zero attached hydrogens (tertiary/aromatic N) is 1. The number of amides is 2. The second-order valence-electron chi connectivity index (χ2n) is 5.35. The molecule has 0 bridgehead atoms. The fourth-order valence-corrected chi connectivity index (χ4v) is 2.10. The molecule has 0 spiro atoms. The van der Waals surface area contributed by atoms with Crippen molar-refractivity contribution in [2.45, 2.75) is 13.1 Å². The van der Waals surface area contributed by atoms with E-state index in [2.05, 4.69) is 15.6 Å². The molecule has 0 aliphatic carbocycles. The average Bonchev–Trinajstić information content (AvgIpc) is 2.66. The molecule has 0 atom stereocenters. The fourth-order valence-electron chi connectivity index (χ4n) is 2.10. The monoisotopic (exact) mass is 359 g/mol. The molecule has 0 aliphatic heterocycles. The maximum atomic E-state index is 11.9. The predicted octanol–water partition coefficient (Wildman–Crippen LogP) is 1.80. The lowest BCUT2D eigenvalue weighted by Crippen LogP contribution is -2.34. The molecule has 0 fully saturated rings. The van der Waals surface area contributed by atoms with Crippen LogP contribution in [-0.4, -0.2) is 42.4 Å². The molecule has 0 unspecified atom stereocenters. The molecular weight excluding hydrogens is 338 g/mol. The molecule has 0 aliphatic rings. The minimum Gasteiger partial charge on any atom is -0.478 e. The third-order valence-corrected chi connectivity index (χ3v) is 3.47. The standard InChI is InChI=1S/C18H21N3O5/c1-25-9-10-26-16-15(3-2-8-19-16)12-21-18(24)20-11-13-4-6-14(7-5-13)17(22)23/h2-8H,9-12H2,1H3,(H,22,23)(H2,20,21,24). The van der Waals surface area contributed by atoms with Gasteiger partial charge in [0.25, 0.3) is 0 Å². The van der Waals surface area contributed by atoms with E-state index in [-0.39, 0.29) is 24.7 Å². The zero-order valence-electron chi connectivity index (χ0n) is 14.4. The second kappa shape index (κ2) is 10.00. The van der Waals surface area contributed by atoms with Gasteiger partial charge >= 0.3 is 12.0 Å². The van der Waals surface area contributed by atoms with Crippen molar-refractivity contribution in [3.05, 3.63) is 59.3 Å². The number of benzene rings is 1. The van der Waals surface area contributed by atoms with E-state index >= 15 is 0 Å². The molecule has 0 saturated carbocycles. The van der Waals surface area contributed by atoms with Crippen LogP contribution in [0.4, 0.5) is 4.79 Å². The molecule has 3 N–H and O–H groups in total.